The van der Waals surface area contributed by atoms with Crippen LogP contribution in [0.25, 0.3) is 17.0 Å². The number of aromatic nitrogens is 1. The Morgan fingerprint density at radius 2 is 1.76 bits per heavy atom. The van der Waals surface area contributed by atoms with E-state index in [1.165, 1.54) is 6.92 Å². The number of benzene rings is 1. The molecule has 324 valence electrons. The molecule has 4 aliphatic heterocycles. The number of nitrogens with zero attached hydrogens (tertiary/aromatic N) is 3. The summed E-state index contributed by atoms with van der Waals surface area (Å²) in [4.78, 5) is 65.4. The molecule has 0 aliphatic carbocycles. The first-order valence-electron chi connectivity index (χ1n) is 20.8. The van der Waals surface area contributed by atoms with Crippen molar-refractivity contribution in [3.8, 4) is 0 Å². The molecule has 1 N–H and O–H groups in total. The zero-order chi connectivity index (χ0) is 43.4. The average molecular weight is 824 g/mol. The number of likely N-dealkylation sites (N-methyl/N-ethyl adjacent to an activating group) is 2. The quantitative estimate of drug-likeness (QED) is 0.283. The molecule has 0 radical (unpaired) electrons. The summed E-state index contributed by atoms with van der Waals surface area (Å²) in [6.45, 7) is 13.0. The number of hydrogen-bond acceptors (Lipinski definition) is 13. The largest absolute Gasteiger partial charge is 0.455 e. The summed E-state index contributed by atoms with van der Waals surface area (Å²) in [5.74, 6) is -6.31. The van der Waals surface area contributed by atoms with Crippen LogP contribution in [0.1, 0.15) is 80.2 Å². The third kappa shape index (κ3) is 8.13. The summed E-state index contributed by atoms with van der Waals surface area (Å²) in [7, 11) is 5.41. The number of carbonyl (C=O) groups is 4. The Hall–Kier alpha value is -3.66. The number of alkyl halides is 1. The van der Waals surface area contributed by atoms with Crippen molar-refractivity contribution in [2.24, 2.45) is 23.2 Å². The molecule has 14 atom stereocenters. The maximum absolute atomic E-state index is 17.1. The lowest BCUT2D eigenvalue weighted by molar-refractivity contribution is -0.297. The van der Waals surface area contributed by atoms with Gasteiger partial charge in [-0.05, 0) is 85.8 Å². The Kier molecular flexibility index (Phi) is 12.7. The number of fused-ring (bicyclic) bond motifs is 1. The maximum atomic E-state index is 17.1. The highest BCUT2D eigenvalue weighted by molar-refractivity contribution is 6.08. The topological polar surface area (TPSA) is 154 Å². The van der Waals surface area contributed by atoms with Gasteiger partial charge in [-0.3, -0.25) is 24.3 Å². The molecule has 4 fully saturated rings. The first-order valence-corrected chi connectivity index (χ1v) is 20.8. The zero-order valence-corrected chi connectivity index (χ0v) is 36.3. The molecule has 14 heteroatoms. The van der Waals surface area contributed by atoms with Crippen molar-refractivity contribution in [1.82, 2.24) is 14.8 Å². The molecule has 0 bridgehead atoms. The first kappa shape index (κ1) is 44.9. The predicted molar refractivity (Wildman–Crippen MR) is 218 cm³/mol. The second kappa shape index (κ2) is 16.7. The summed E-state index contributed by atoms with van der Waals surface area (Å²) in [5.41, 5.74) is -5.79. The number of aliphatic hydroxyl groups is 1. The molecule has 4 saturated heterocycles. The average Bonchev–Trinajstić information content (AvgIpc) is 3.64. The third-order valence-electron chi connectivity index (χ3n) is 13.5. The Balaban J connectivity index is 1.45. The fourth-order valence-electron chi connectivity index (χ4n) is 10.6. The molecule has 0 saturated carbocycles. The van der Waals surface area contributed by atoms with Gasteiger partial charge in [0.15, 0.2) is 17.7 Å². The van der Waals surface area contributed by atoms with Crippen molar-refractivity contribution in [2.45, 2.75) is 134 Å². The number of aliphatic hydroxyl groups excluding tert-OH is 1. The molecule has 0 amide bonds. The monoisotopic (exact) mass is 823 g/mol. The van der Waals surface area contributed by atoms with E-state index in [1.807, 2.05) is 62.3 Å². The number of esters is 2. The summed E-state index contributed by atoms with van der Waals surface area (Å²) >= 11 is 0. The number of hydrogen-bond donors (Lipinski definition) is 1. The van der Waals surface area contributed by atoms with E-state index < -0.39 is 88.4 Å². The van der Waals surface area contributed by atoms with Crippen LogP contribution in [0.5, 0.6) is 0 Å². The van der Waals surface area contributed by atoms with Gasteiger partial charge in [-0.1, -0.05) is 58.0 Å². The Bertz CT molecular complexity index is 1960. The minimum Gasteiger partial charge on any atom is -0.455 e. The van der Waals surface area contributed by atoms with Crippen LogP contribution in [0.3, 0.4) is 0 Å². The van der Waals surface area contributed by atoms with Gasteiger partial charge in [0.2, 0.25) is 0 Å². The van der Waals surface area contributed by atoms with E-state index in [4.69, 9.17) is 23.7 Å². The van der Waals surface area contributed by atoms with Crippen LogP contribution in [-0.4, -0.2) is 137 Å². The van der Waals surface area contributed by atoms with E-state index in [-0.39, 0.29) is 43.9 Å². The Morgan fingerprint density at radius 1 is 1.07 bits per heavy atom. The summed E-state index contributed by atoms with van der Waals surface area (Å²) in [6, 6.07) is 8.51. The summed E-state index contributed by atoms with van der Waals surface area (Å²) in [6.07, 6.45) is 0.563. The number of Topliss-reactive ketones (excluding diaryl/α,β-unsaturated/α-hetero) is 2. The Morgan fingerprint density at radius 3 is 2.44 bits per heavy atom. The summed E-state index contributed by atoms with van der Waals surface area (Å²) < 4.78 is 48.6. The predicted octanol–water partition coefficient (Wildman–Crippen LogP) is 4.95. The number of halogens is 1. The van der Waals surface area contributed by atoms with Crippen molar-refractivity contribution >= 4 is 40.5 Å². The van der Waals surface area contributed by atoms with Gasteiger partial charge >= 0.3 is 11.9 Å². The lowest BCUT2D eigenvalue weighted by Gasteiger charge is -2.48. The van der Waals surface area contributed by atoms with Crippen LogP contribution >= 0.6 is 0 Å². The highest BCUT2D eigenvalue weighted by Crippen LogP contribution is 2.55. The van der Waals surface area contributed by atoms with E-state index >= 15 is 9.18 Å². The van der Waals surface area contributed by atoms with E-state index in [2.05, 4.69) is 4.98 Å². The number of likely N-dealkylation sites (tertiary alicyclic amines) is 1. The number of cyclic esters (lactones) is 1. The van der Waals surface area contributed by atoms with Crippen molar-refractivity contribution in [2.75, 3.05) is 34.3 Å². The van der Waals surface area contributed by atoms with Gasteiger partial charge in [0.25, 0.3) is 5.67 Å². The molecule has 6 rings (SSSR count). The standard InChI is InChI=1S/C45H62FN3O10/c1-12-32-45(8)35-33(39(53)59-45)49(11)24-42(35,5)36(51)25(2)22-43(6,55-19-15-16-28-21-29-17-13-14-18-30(29)47-23-28)38(27(4)37(52)44(7,46)41(54)57-32)58-40-34(50)31(48(9)10)20-26(3)56-40/h13-18,21,23,25-27,31-35,38,40,50H,12,19-20,22,24H2,1-11H3/b16-15+/t25-,26-,27+,31+,32-,33?,34-,35?,38-,40+,42?,43+,44+,45-/m1/s1. The fourth-order valence-corrected chi connectivity index (χ4v) is 10.6. The molecular weight excluding hydrogens is 762 g/mol. The number of ketones is 2. The normalized spacial score (nSPS) is 41.3. The van der Waals surface area contributed by atoms with Gasteiger partial charge in [-0.15, -0.1) is 0 Å². The van der Waals surface area contributed by atoms with Crippen LogP contribution in [0.2, 0.25) is 0 Å². The lowest BCUT2D eigenvalue weighted by Crippen LogP contribution is -2.61. The van der Waals surface area contributed by atoms with E-state index in [0.29, 0.717) is 6.42 Å². The summed E-state index contributed by atoms with van der Waals surface area (Å²) in [5, 5.41) is 12.6. The molecule has 5 heterocycles. The van der Waals surface area contributed by atoms with E-state index in [9.17, 15) is 19.5 Å². The Labute approximate surface area is 346 Å². The van der Waals surface area contributed by atoms with Gasteiger partial charge in [-0.2, -0.15) is 0 Å². The maximum Gasteiger partial charge on any atom is 0.351 e. The van der Waals surface area contributed by atoms with Crippen molar-refractivity contribution in [3.63, 3.8) is 0 Å². The molecule has 3 unspecified atom stereocenters. The number of para-hydroxylation sites is 1. The third-order valence-corrected chi connectivity index (χ3v) is 13.5. The van der Waals surface area contributed by atoms with E-state index in [1.54, 1.807) is 58.8 Å². The molecule has 59 heavy (non-hydrogen) atoms. The minimum atomic E-state index is -3.19. The lowest BCUT2D eigenvalue weighted by atomic mass is 9.62. The van der Waals surface area contributed by atoms with Crippen LogP contribution in [0, 0.1) is 23.2 Å². The number of ether oxygens (including phenoxy) is 5. The fraction of sp³-hybridized carbons (Fsp3) is 0.667. The highest BCUT2D eigenvalue weighted by atomic mass is 19.1. The molecule has 0 spiro atoms. The number of carbonyl (C=O) groups excluding carboxylic acids is 4. The molecule has 1 aromatic carbocycles. The van der Waals surface area contributed by atoms with Crippen molar-refractivity contribution in [3.05, 3.63) is 48.2 Å². The molecule has 13 nitrogen and oxygen atoms in total. The van der Waals surface area contributed by atoms with Gasteiger partial charge < -0.3 is 33.7 Å². The smallest absolute Gasteiger partial charge is 0.351 e. The SMILES string of the molecule is CC[C@H]1OC(=O)[C@@](C)(F)C(=O)[C@H](C)[C@@H](O[C@@H]2O[C@H](C)C[C@H](N(C)C)[C@H]2O)[C@@](C)(OC/C=C/c2cnc3ccccc3c2)C[C@@H](C)C(=O)C2(C)CN(C)C3C(=O)O[C@@]1(C)C32. The van der Waals surface area contributed by atoms with Crippen LogP contribution in [-0.2, 0) is 42.9 Å². The van der Waals surface area contributed by atoms with Crippen LogP contribution in [0.15, 0.2) is 42.6 Å². The molecular formula is C45H62FN3O10. The van der Waals surface area contributed by atoms with Gasteiger partial charge in [0.1, 0.15) is 24.0 Å². The number of pyridine rings is 1. The number of rotatable bonds is 8. The van der Waals surface area contributed by atoms with Crippen molar-refractivity contribution in [1.29, 1.82) is 0 Å². The van der Waals surface area contributed by atoms with Crippen LogP contribution in [0.4, 0.5) is 4.39 Å². The first-order chi connectivity index (χ1) is 27.6. The minimum absolute atomic E-state index is 0.0260. The second-order valence-corrected chi connectivity index (χ2v) is 18.4. The van der Waals surface area contributed by atoms with Gasteiger partial charge in [0.05, 0.1) is 29.9 Å². The van der Waals surface area contributed by atoms with E-state index in [0.717, 1.165) is 23.4 Å². The molecule has 2 aromatic rings. The van der Waals surface area contributed by atoms with Crippen molar-refractivity contribution < 1.29 is 52.4 Å². The molecule has 4 aliphatic rings. The van der Waals surface area contributed by atoms with Crippen LogP contribution < -0.4 is 0 Å². The zero-order valence-electron chi connectivity index (χ0n) is 36.3. The van der Waals surface area contributed by atoms with Gasteiger partial charge in [0, 0.05) is 47.3 Å². The second-order valence-electron chi connectivity index (χ2n) is 18.4. The van der Waals surface area contributed by atoms with Gasteiger partial charge in [-0.25, -0.2) is 9.18 Å². The highest BCUT2D eigenvalue weighted by Gasteiger charge is 2.71. The molecule has 1 aromatic heterocycles.